The molecule has 0 bridgehead atoms. The summed E-state index contributed by atoms with van der Waals surface area (Å²) >= 11 is 0. The van der Waals surface area contributed by atoms with Crippen LogP contribution < -0.4 is 0 Å². The summed E-state index contributed by atoms with van der Waals surface area (Å²) in [5, 5.41) is 10.5. The average Bonchev–Trinajstić information content (AvgIpc) is 2.86. The zero-order chi connectivity index (χ0) is 27.3. The van der Waals surface area contributed by atoms with Crippen molar-refractivity contribution in [3.63, 3.8) is 0 Å². The summed E-state index contributed by atoms with van der Waals surface area (Å²) in [6.07, 6.45) is -4.68. The van der Waals surface area contributed by atoms with Crippen LogP contribution in [0, 0.1) is 17.2 Å². The zero-order valence-corrected chi connectivity index (χ0v) is 21.3. The van der Waals surface area contributed by atoms with Gasteiger partial charge in [-0.3, -0.25) is 4.90 Å². The minimum absolute atomic E-state index is 0.0443. The summed E-state index contributed by atoms with van der Waals surface area (Å²) in [7, 11) is 1.98. The van der Waals surface area contributed by atoms with E-state index >= 15 is 0 Å². The molecule has 0 saturated heterocycles. The van der Waals surface area contributed by atoms with Crippen LogP contribution in [0.4, 0.5) is 26.3 Å². The Hall–Kier alpha value is -2.53. The molecule has 0 radical (unpaired) electrons. The smallest absolute Gasteiger partial charge is 0.299 e. The molecule has 37 heavy (non-hydrogen) atoms. The van der Waals surface area contributed by atoms with E-state index in [0.29, 0.717) is 37.9 Å². The van der Waals surface area contributed by atoms with E-state index in [-0.39, 0.29) is 23.9 Å². The fourth-order valence-electron chi connectivity index (χ4n) is 5.83. The Morgan fingerprint density at radius 1 is 0.919 bits per heavy atom. The number of nitriles is 1. The van der Waals surface area contributed by atoms with Crippen LogP contribution in [-0.2, 0) is 24.3 Å². The van der Waals surface area contributed by atoms with Crippen LogP contribution in [0.1, 0.15) is 80.5 Å². The van der Waals surface area contributed by atoms with Crippen molar-refractivity contribution in [3.8, 4) is 6.07 Å². The molecule has 1 aliphatic rings. The molecule has 1 saturated carbocycles. The maximum atomic E-state index is 13.8. The topological polar surface area (TPSA) is 27.0 Å². The number of nitrogens with zero attached hydrogens (tertiary/aromatic N) is 2. The predicted molar refractivity (Wildman–Crippen MR) is 132 cm³/mol. The number of alkyl halides is 6. The maximum Gasteiger partial charge on any atom is 0.417 e. The van der Waals surface area contributed by atoms with E-state index in [0.717, 1.165) is 37.3 Å². The van der Waals surface area contributed by atoms with Crippen molar-refractivity contribution in [1.82, 2.24) is 4.90 Å². The van der Waals surface area contributed by atoms with Crippen molar-refractivity contribution in [2.75, 3.05) is 7.05 Å². The summed E-state index contributed by atoms with van der Waals surface area (Å²) in [6, 6.07) is 14.5. The molecule has 0 spiro atoms. The SMILES string of the molecule is CCC(CCC(C#N)(c1ccc(C(F)(F)F)c(C(F)(F)F)c1)C1CCCCC1)N(C)Cc1ccccc1. The summed E-state index contributed by atoms with van der Waals surface area (Å²) in [4.78, 5) is 2.17. The van der Waals surface area contributed by atoms with Gasteiger partial charge in [-0.15, -0.1) is 0 Å². The van der Waals surface area contributed by atoms with Crippen LogP contribution in [0.5, 0.6) is 0 Å². The van der Waals surface area contributed by atoms with Crippen LogP contribution in [0.3, 0.4) is 0 Å². The lowest BCUT2D eigenvalue weighted by molar-refractivity contribution is -0.162. The van der Waals surface area contributed by atoms with E-state index < -0.39 is 28.9 Å². The van der Waals surface area contributed by atoms with Gasteiger partial charge >= 0.3 is 12.4 Å². The van der Waals surface area contributed by atoms with Crippen molar-refractivity contribution in [3.05, 3.63) is 70.8 Å². The molecular formula is C29H34F6N2. The quantitative estimate of drug-likeness (QED) is 0.307. The van der Waals surface area contributed by atoms with Gasteiger partial charge in [0, 0.05) is 12.6 Å². The zero-order valence-electron chi connectivity index (χ0n) is 21.3. The fraction of sp³-hybridized carbons (Fsp3) is 0.552. The number of halogens is 6. The molecule has 0 heterocycles. The molecule has 0 aromatic heterocycles. The molecule has 2 atom stereocenters. The molecule has 8 heteroatoms. The van der Waals surface area contributed by atoms with Crippen molar-refractivity contribution >= 4 is 0 Å². The maximum absolute atomic E-state index is 13.8. The Balaban J connectivity index is 1.99. The third-order valence-corrected chi connectivity index (χ3v) is 7.89. The molecule has 0 N–H and O–H groups in total. The van der Waals surface area contributed by atoms with Gasteiger partial charge in [0.05, 0.1) is 22.6 Å². The molecule has 1 fully saturated rings. The Morgan fingerprint density at radius 2 is 1.54 bits per heavy atom. The molecule has 1 aliphatic carbocycles. The first-order valence-electron chi connectivity index (χ1n) is 12.9. The summed E-state index contributed by atoms with van der Waals surface area (Å²) in [5.41, 5.74) is -3.55. The minimum Gasteiger partial charge on any atom is -0.299 e. The van der Waals surface area contributed by atoms with Crippen LogP contribution in [-0.4, -0.2) is 18.0 Å². The van der Waals surface area contributed by atoms with Gasteiger partial charge in [-0.1, -0.05) is 62.6 Å². The van der Waals surface area contributed by atoms with Crippen molar-refractivity contribution in [2.24, 2.45) is 5.92 Å². The van der Waals surface area contributed by atoms with Gasteiger partial charge < -0.3 is 0 Å². The minimum atomic E-state index is -5.18. The Morgan fingerprint density at radius 3 is 2.08 bits per heavy atom. The Kier molecular flexibility index (Phi) is 9.33. The van der Waals surface area contributed by atoms with Crippen LogP contribution in [0.2, 0.25) is 0 Å². The second-order valence-corrected chi connectivity index (χ2v) is 10.2. The van der Waals surface area contributed by atoms with Crippen LogP contribution in [0.25, 0.3) is 0 Å². The average molecular weight is 525 g/mol. The van der Waals surface area contributed by atoms with E-state index in [2.05, 4.69) is 11.0 Å². The number of hydrogen-bond donors (Lipinski definition) is 0. The molecule has 202 valence electrons. The third kappa shape index (κ3) is 6.87. The van der Waals surface area contributed by atoms with E-state index in [1.54, 1.807) is 0 Å². The lowest BCUT2D eigenvalue weighted by Crippen LogP contribution is -2.39. The summed E-state index contributed by atoms with van der Waals surface area (Å²) in [6.45, 7) is 2.71. The van der Waals surface area contributed by atoms with Crippen molar-refractivity contribution in [1.29, 1.82) is 5.26 Å². The molecule has 2 nitrogen and oxygen atoms in total. The Labute approximate surface area is 215 Å². The van der Waals surface area contributed by atoms with Gasteiger partial charge in [0.25, 0.3) is 0 Å². The van der Waals surface area contributed by atoms with E-state index in [1.165, 1.54) is 0 Å². The van der Waals surface area contributed by atoms with E-state index in [1.807, 2.05) is 44.3 Å². The highest BCUT2D eigenvalue weighted by Crippen LogP contribution is 2.48. The lowest BCUT2D eigenvalue weighted by atomic mass is 9.63. The van der Waals surface area contributed by atoms with Crippen molar-refractivity contribution in [2.45, 2.75) is 88.6 Å². The number of rotatable bonds is 9. The first-order valence-corrected chi connectivity index (χ1v) is 12.9. The molecule has 3 rings (SSSR count). The third-order valence-electron chi connectivity index (χ3n) is 7.89. The highest BCUT2D eigenvalue weighted by atomic mass is 19.4. The first-order chi connectivity index (χ1) is 17.4. The van der Waals surface area contributed by atoms with Gasteiger partial charge in [-0.05, 0) is 68.3 Å². The molecular weight excluding hydrogens is 490 g/mol. The monoisotopic (exact) mass is 524 g/mol. The molecule has 2 unspecified atom stereocenters. The largest absolute Gasteiger partial charge is 0.417 e. The standard InChI is InChI=1S/C29H34F6N2/c1-3-24(37(2)19-21-10-6-4-7-11-21)16-17-27(20-36,22-12-8-5-9-13-22)23-14-15-25(28(30,31)32)26(18-23)29(33,34)35/h4,6-7,10-11,14-15,18,22,24H,3,5,8-9,12-13,16-17,19H2,1-2H3. The second-order valence-electron chi connectivity index (χ2n) is 10.2. The van der Waals surface area contributed by atoms with E-state index in [9.17, 15) is 31.6 Å². The molecule has 0 aliphatic heterocycles. The van der Waals surface area contributed by atoms with Crippen LogP contribution >= 0.6 is 0 Å². The lowest BCUT2D eigenvalue weighted by Gasteiger charge is -2.40. The number of hydrogen-bond acceptors (Lipinski definition) is 2. The van der Waals surface area contributed by atoms with Gasteiger partial charge in [0.15, 0.2) is 0 Å². The molecule has 2 aromatic carbocycles. The molecule has 2 aromatic rings. The van der Waals surface area contributed by atoms with Gasteiger partial charge in [-0.25, -0.2) is 0 Å². The highest BCUT2D eigenvalue weighted by Gasteiger charge is 2.47. The van der Waals surface area contributed by atoms with Gasteiger partial charge in [0.1, 0.15) is 0 Å². The fourth-order valence-corrected chi connectivity index (χ4v) is 5.83. The normalized spacial score (nSPS) is 17.8. The summed E-state index contributed by atoms with van der Waals surface area (Å²) < 4.78 is 81.7. The Bertz CT molecular complexity index is 1050. The van der Waals surface area contributed by atoms with E-state index in [4.69, 9.17) is 0 Å². The van der Waals surface area contributed by atoms with Crippen LogP contribution in [0.15, 0.2) is 48.5 Å². The van der Waals surface area contributed by atoms with Gasteiger partial charge in [-0.2, -0.15) is 31.6 Å². The summed E-state index contributed by atoms with van der Waals surface area (Å²) in [5.74, 6) is -0.207. The predicted octanol–water partition coefficient (Wildman–Crippen LogP) is 8.76. The second kappa shape index (κ2) is 11.9. The number of benzene rings is 2. The van der Waals surface area contributed by atoms with Gasteiger partial charge in [0.2, 0.25) is 0 Å². The van der Waals surface area contributed by atoms with Crippen molar-refractivity contribution < 1.29 is 26.3 Å². The first kappa shape index (κ1) is 29.0. The highest BCUT2D eigenvalue weighted by molar-refractivity contribution is 5.43. The molecule has 0 amide bonds.